The summed E-state index contributed by atoms with van der Waals surface area (Å²) in [6.45, 7) is 0. The van der Waals surface area contributed by atoms with E-state index in [1.54, 1.807) is 6.08 Å². The number of aliphatic hydroxyl groups excluding tert-OH is 1. The van der Waals surface area contributed by atoms with Gasteiger partial charge in [-0.3, -0.25) is 0 Å². The molecule has 0 spiro atoms. The minimum absolute atomic E-state index is 0.903. The van der Waals surface area contributed by atoms with Crippen LogP contribution < -0.4 is 0 Å². The van der Waals surface area contributed by atoms with Crippen molar-refractivity contribution < 1.29 is 5.11 Å². The first-order valence-electron chi connectivity index (χ1n) is 5.75. The van der Waals surface area contributed by atoms with Crippen LogP contribution in [0, 0.1) is 0 Å². The average Bonchev–Trinajstić information content (AvgIpc) is 2.14. The van der Waals surface area contributed by atoms with Crippen LogP contribution in [0.5, 0.6) is 0 Å². The third-order valence-electron chi connectivity index (χ3n) is 2.39. The van der Waals surface area contributed by atoms with Gasteiger partial charge in [0, 0.05) is 34.4 Å². The highest BCUT2D eigenvalue weighted by atomic mass is 16.2. The molecule has 0 aliphatic heterocycles. The summed E-state index contributed by atoms with van der Waals surface area (Å²) in [6, 6.07) is 0. The van der Waals surface area contributed by atoms with Crippen molar-refractivity contribution in [2.24, 2.45) is 0 Å². The molecule has 0 fully saturated rings. The van der Waals surface area contributed by atoms with E-state index < -0.39 is 0 Å². The maximum atomic E-state index is 8.87. The van der Waals surface area contributed by atoms with Crippen LogP contribution in [0.25, 0.3) is 0 Å². The molecular formula is C14H22N2O. The first kappa shape index (κ1) is 13.4. The van der Waals surface area contributed by atoms with Crippen molar-refractivity contribution in [3.63, 3.8) is 0 Å². The minimum Gasteiger partial charge on any atom is -0.516 e. The van der Waals surface area contributed by atoms with E-state index in [-0.39, 0.29) is 0 Å². The van der Waals surface area contributed by atoms with E-state index in [0.29, 0.717) is 0 Å². The predicted octanol–water partition coefficient (Wildman–Crippen LogP) is 2.67. The van der Waals surface area contributed by atoms with Gasteiger partial charge < -0.3 is 14.9 Å². The molecule has 94 valence electrons. The molecule has 0 unspecified atom stereocenters. The quantitative estimate of drug-likeness (QED) is 0.761. The molecule has 0 radical (unpaired) electrons. The first-order valence-corrected chi connectivity index (χ1v) is 5.75. The van der Waals surface area contributed by atoms with Crippen LogP contribution in [0.3, 0.4) is 0 Å². The Hall–Kier alpha value is -1.64. The van der Waals surface area contributed by atoms with Crippen molar-refractivity contribution in [3.8, 4) is 0 Å². The molecule has 1 N–H and O–H groups in total. The lowest BCUT2D eigenvalue weighted by atomic mass is 9.91. The summed E-state index contributed by atoms with van der Waals surface area (Å²) in [4.78, 5) is 4.11. The number of aliphatic hydroxyl groups is 1. The molecule has 1 aliphatic carbocycles. The Labute approximate surface area is 104 Å². The molecule has 0 amide bonds. The van der Waals surface area contributed by atoms with Gasteiger partial charge in [-0.25, -0.2) is 0 Å². The van der Waals surface area contributed by atoms with Gasteiger partial charge in [-0.1, -0.05) is 6.08 Å². The Kier molecular flexibility index (Phi) is 4.88. The van der Waals surface area contributed by atoms with Crippen molar-refractivity contribution >= 4 is 0 Å². The molecule has 0 atom stereocenters. The maximum Gasteiger partial charge on any atom is 0.0794 e. The Morgan fingerprint density at radius 2 is 1.71 bits per heavy atom. The number of rotatable bonds is 3. The van der Waals surface area contributed by atoms with E-state index in [9.17, 15) is 0 Å². The highest BCUT2D eigenvalue weighted by Gasteiger charge is 2.11. The van der Waals surface area contributed by atoms with Crippen molar-refractivity contribution in [1.29, 1.82) is 0 Å². The Bertz CT molecular complexity index is 374. The second-order valence-electron chi connectivity index (χ2n) is 4.81. The van der Waals surface area contributed by atoms with Crippen LogP contribution in [-0.4, -0.2) is 43.1 Å². The molecule has 0 aromatic carbocycles. The highest BCUT2D eigenvalue weighted by Crippen LogP contribution is 2.28. The van der Waals surface area contributed by atoms with Gasteiger partial charge in [0.05, 0.1) is 6.26 Å². The molecule has 0 saturated heterocycles. The second kappa shape index (κ2) is 6.18. The van der Waals surface area contributed by atoms with Gasteiger partial charge in [0.15, 0.2) is 0 Å². The van der Waals surface area contributed by atoms with Gasteiger partial charge >= 0.3 is 0 Å². The summed E-state index contributed by atoms with van der Waals surface area (Å²) in [7, 11) is 8.10. The van der Waals surface area contributed by atoms with E-state index in [0.717, 1.165) is 24.7 Å². The topological polar surface area (TPSA) is 26.7 Å². The zero-order valence-corrected chi connectivity index (χ0v) is 11.1. The number of allylic oxidation sites excluding steroid dienone is 5. The Balaban J connectivity index is 2.97. The predicted molar refractivity (Wildman–Crippen MR) is 72.6 cm³/mol. The van der Waals surface area contributed by atoms with Gasteiger partial charge in [-0.15, -0.1) is 0 Å². The summed E-state index contributed by atoms with van der Waals surface area (Å²) in [5, 5.41) is 8.87. The molecular weight excluding hydrogens is 212 g/mol. The molecule has 0 aromatic rings. The van der Waals surface area contributed by atoms with Gasteiger partial charge in [-0.05, 0) is 41.8 Å². The smallest absolute Gasteiger partial charge is 0.0794 e. The van der Waals surface area contributed by atoms with Crippen molar-refractivity contribution in [2.75, 3.05) is 28.2 Å². The van der Waals surface area contributed by atoms with E-state index in [1.165, 1.54) is 11.1 Å². The molecule has 3 nitrogen and oxygen atoms in total. The lowest BCUT2D eigenvalue weighted by molar-refractivity contribution is 0.473. The van der Waals surface area contributed by atoms with Crippen LogP contribution in [-0.2, 0) is 0 Å². The fraction of sp³-hybridized carbons (Fsp3) is 0.429. The van der Waals surface area contributed by atoms with Crippen LogP contribution in [0.15, 0.2) is 47.5 Å². The highest BCUT2D eigenvalue weighted by molar-refractivity contribution is 5.40. The van der Waals surface area contributed by atoms with Gasteiger partial charge in [0.2, 0.25) is 0 Å². The Morgan fingerprint density at radius 1 is 1.06 bits per heavy atom. The third-order valence-corrected chi connectivity index (χ3v) is 2.39. The van der Waals surface area contributed by atoms with E-state index in [4.69, 9.17) is 5.11 Å². The van der Waals surface area contributed by atoms with E-state index in [2.05, 4.69) is 23.4 Å². The normalized spacial score (nSPS) is 21.1. The van der Waals surface area contributed by atoms with Gasteiger partial charge in [0.25, 0.3) is 0 Å². The Morgan fingerprint density at radius 3 is 2.24 bits per heavy atom. The van der Waals surface area contributed by atoms with E-state index >= 15 is 0 Å². The van der Waals surface area contributed by atoms with Crippen LogP contribution in [0.2, 0.25) is 0 Å². The first-order chi connectivity index (χ1) is 8.01. The molecule has 0 bridgehead atoms. The largest absolute Gasteiger partial charge is 0.516 e. The molecule has 0 heterocycles. The number of hydrogen-bond donors (Lipinski definition) is 1. The van der Waals surface area contributed by atoms with Crippen molar-refractivity contribution in [3.05, 3.63) is 47.5 Å². The number of nitrogens with zero attached hydrogens (tertiary/aromatic N) is 2. The molecule has 3 heteroatoms. The zero-order valence-electron chi connectivity index (χ0n) is 11.1. The summed E-state index contributed by atoms with van der Waals surface area (Å²) < 4.78 is 0. The minimum atomic E-state index is 0.903. The summed E-state index contributed by atoms with van der Waals surface area (Å²) in [5.74, 6) is 0. The van der Waals surface area contributed by atoms with Crippen LogP contribution >= 0.6 is 0 Å². The van der Waals surface area contributed by atoms with Gasteiger partial charge in [-0.2, -0.15) is 0 Å². The van der Waals surface area contributed by atoms with Crippen molar-refractivity contribution in [2.45, 2.75) is 12.8 Å². The SMILES string of the molecule is CN(C)C=C1C=C(C=CO)CC(=CN(C)C)C1. The summed E-state index contributed by atoms with van der Waals surface area (Å²) in [6.07, 6.45) is 11.2. The molecule has 1 rings (SSSR count). The average molecular weight is 234 g/mol. The third kappa shape index (κ3) is 4.81. The fourth-order valence-corrected chi connectivity index (χ4v) is 2.00. The zero-order chi connectivity index (χ0) is 12.8. The molecule has 0 aromatic heterocycles. The maximum absolute atomic E-state index is 8.87. The van der Waals surface area contributed by atoms with Crippen LogP contribution in [0.1, 0.15) is 12.8 Å². The van der Waals surface area contributed by atoms with E-state index in [1.807, 2.05) is 33.1 Å². The molecule has 1 aliphatic rings. The monoisotopic (exact) mass is 234 g/mol. The standard InChI is InChI=1S/C14H22N2O/c1-15(2)10-13-7-12(5-6-17)8-14(9-13)11-16(3)4/h5-7,10-11,17H,8-9H2,1-4H3. The molecule has 0 saturated carbocycles. The van der Waals surface area contributed by atoms with Gasteiger partial charge in [0.1, 0.15) is 0 Å². The molecule has 17 heavy (non-hydrogen) atoms. The summed E-state index contributed by atoms with van der Waals surface area (Å²) in [5.41, 5.74) is 3.76. The number of hydrogen-bond acceptors (Lipinski definition) is 3. The van der Waals surface area contributed by atoms with Crippen LogP contribution in [0.4, 0.5) is 0 Å². The van der Waals surface area contributed by atoms with Crippen molar-refractivity contribution in [1.82, 2.24) is 9.80 Å². The second-order valence-corrected chi connectivity index (χ2v) is 4.81. The lowest BCUT2D eigenvalue weighted by Gasteiger charge is -2.20. The summed E-state index contributed by atoms with van der Waals surface area (Å²) >= 11 is 0. The lowest BCUT2D eigenvalue weighted by Crippen LogP contribution is -2.08. The fourth-order valence-electron chi connectivity index (χ4n) is 2.00.